The van der Waals surface area contributed by atoms with Gasteiger partial charge in [-0.2, -0.15) is 0 Å². The van der Waals surface area contributed by atoms with Gasteiger partial charge in [-0.25, -0.2) is 0 Å². The van der Waals surface area contributed by atoms with Gasteiger partial charge in [0.25, 0.3) is 0 Å². The lowest BCUT2D eigenvalue weighted by Crippen LogP contribution is -2.55. The van der Waals surface area contributed by atoms with Gasteiger partial charge < -0.3 is 18.9 Å². The summed E-state index contributed by atoms with van der Waals surface area (Å²) in [6.07, 6.45) is 2.88. The van der Waals surface area contributed by atoms with Crippen LogP contribution in [0.4, 0.5) is 0 Å². The lowest BCUT2D eigenvalue weighted by atomic mass is 9.61. The Morgan fingerprint density at radius 3 is 1.93 bits per heavy atom. The minimum absolute atomic E-state index is 0.150. The van der Waals surface area contributed by atoms with E-state index in [1.54, 1.807) is 0 Å². The van der Waals surface area contributed by atoms with E-state index < -0.39 is 46.5 Å². The summed E-state index contributed by atoms with van der Waals surface area (Å²) in [7, 11) is 4.94. The molecule has 2 fully saturated rings. The fourth-order valence-electron chi connectivity index (χ4n) is 5.74. The Balaban J connectivity index is 2.76. The van der Waals surface area contributed by atoms with Crippen LogP contribution in [-0.2, 0) is 38.1 Å². The van der Waals surface area contributed by atoms with E-state index in [2.05, 4.69) is 0 Å². The van der Waals surface area contributed by atoms with Gasteiger partial charge in [-0.15, -0.1) is 0 Å². The van der Waals surface area contributed by atoms with E-state index >= 15 is 0 Å². The molecule has 0 aromatic carbocycles. The van der Waals surface area contributed by atoms with E-state index in [-0.39, 0.29) is 25.2 Å². The van der Waals surface area contributed by atoms with Crippen LogP contribution < -0.4 is 0 Å². The van der Waals surface area contributed by atoms with Crippen LogP contribution >= 0.6 is 0 Å². The number of esters is 4. The molecule has 28 heavy (non-hydrogen) atoms. The predicted molar refractivity (Wildman–Crippen MR) is 96.8 cm³/mol. The second-order valence-electron chi connectivity index (χ2n) is 7.65. The highest BCUT2D eigenvalue weighted by atomic mass is 16.5. The van der Waals surface area contributed by atoms with Crippen molar-refractivity contribution in [2.45, 2.75) is 45.4 Å². The molecule has 2 rings (SSSR count). The Morgan fingerprint density at radius 1 is 0.857 bits per heavy atom. The average molecular weight is 398 g/mol. The van der Waals surface area contributed by atoms with Crippen LogP contribution in [-0.4, -0.2) is 52.3 Å². The van der Waals surface area contributed by atoms with Gasteiger partial charge in [0, 0.05) is 0 Å². The van der Waals surface area contributed by atoms with Gasteiger partial charge in [0.2, 0.25) is 0 Å². The largest absolute Gasteiger partial charge is 0.469 e. The van der Waals surface area contributed by atoms with Gasteiger partial charge in [0.05, 0.1) is 51.1 Å². The topological polar surface area (TPSA) is 105 Å². The summed E-state index contributed by atoms with van der Waals surface area (Å²) >= 11 is 0. The second-order valence-corrected chi connectivity index (χ2v) is 7.65. The molecule has 5 unspecified atom stereocenters. The highest BCUT2D eigenvalue weighted by Gasteiger charge is 2.80. The summed E-state index contributed by atoms with van der Waals surface area (Å²) < 4.78 is 20.2. The molecule has 0 aromatic heterocycles. The Labute approximate surface area is 165 Å². The zero-order valence-corrected chi connectivity index (χ0v) is 17.2. The quantitative estimate of drug-likeness (QED) is 0.473. The summed E-state index contributed by atoms with van der Waals surface area (Å²) in [6, 6.07) is 0. The summed E-state index contributed by atoms with van der Waals surface area (Å²) in [5.41, 5.74) is -3.03. The molecule has 2 saturated carbocycles. The zero-order valence-electron chi connectivity index (χ0n) is 17.2. The van der Waals surface area contributed by atoms with Crippen molar-refractivity contribution in [1.82, 2.24) is 0 Å². The van der Waals surface area contributed by atoms with Crippen molar-refractivity contribution in [3.8, 4) is 0 Å². The van der Waals surface area contributed by atoms with Crippen molar-refractivity contribution in [2.75, 3.05) is 28.4 Å². The number of methoxy groups -OCH3 is 4. The van der Waals surface area contributed by atoms with Crippen LogP contribution in [0.3, 0.4) is 0 Å². The van der Waals surface area contributed by atoms with Crippen LogP contribution in [0.1, 0.15) is 45.4 Å². The normalized spacial score (nSPS) is 33.7. The summed E-state index contributed by atoms with van der Waals surface area (Å²) in [4.78, 5) is 51.8. The summed E-state index contributed by atoms with van der Waals surface area (Å²) in [6.45, 7) is 2.02. The van der Waals surface area contributed by atoms with Gasteiger partial charge in [0.15, 0.2) is 0 Å². The maximum Gasteiger partial charge on any atom is 0.313 e. The molecule has 2 aliphatic rings. The number of fused-ring (bicyclic) bond motifs is 1. The monoisotopic (exact) mass is 398 g/mol. The minimum atomic E-state index is -1.51. The van der Waals surface area contributed by atoms with E-state index in [0.717, 1.165) is 12.8 Å². The number of carbonyl (C=O) groups is 4. The molecule has 0 aromatic rings. The first-order chi connectivity index (χ1) is 13.3. The molecule has 158 valence electrons. The van der Waals surface area contributed by atoms with E-state index in [4.69, 9.17) is 18.9 Å². The molecule has 0 saturated heterocycles. The number of carbonyl (C=O) groups excluding carboxylic acids is 4. The first-order valence-corrected chi connectivity index (χ1v) is 9.64. The van der Waals surface area contributed by atoms with Crippen molar-refractivity contribution in [3.05, 3.63) is 0 Å². The van der Waals surface area contributed by atoms with Crippen LogP contribution in [0.5, 0.6) is 0 Å². The van der Waals surface area contributed by atoms with Gasteiger partial charge >= 0.3 is 23.9 Å². The van der Waals surface area contributed by atoms with Crippen molar-refractivity contribution in [3.63, 3.8) is 0 Å². The Hall–Kier alpha value is -2.12. The third-order valence-electron chi connectivity index (χ3n) is 6.77. The Morgan fingerprint density at radius 2 is 1.43 bits per heavy atom. The van der Waals surface area contributed by atoms with E-state index in [1.165, 1.54) is 28.4 Å². The maximum atomic E-state index is 13.2. The number of rotatable bonds is 7. The Kier molecular flexibility index (Phi) is 6.72. The van der Waals surface area contributed by atoms with Crippen LogP contribution in [0.25, 0.3) is 0 Å². The van der Waals surface area contributed by atoms with Gasteiger partial charge in [0.1, 0.15) is 0 Å². The van der Waals surface area contributed by atoms with Crippen molar-refractivity contribution in [1.29, 1.82) is 0 Å². The molecule has 0 heterocycles. The van der Waals surface area contributed by atoms with Crippen molar-refractivity contribution >= 4 is 23.9 Å². The summed E-state index contributed by atoms with van der Waals surface area (Å²) in [5.74, 6) is -4.60. The van der Waals surface area contributed by atoms with Crippen LogP contribution in [0, 0.1) is 28.6 Å². The zero-order chi connectivity index (χ0) is 21.1. The number of hydrogen-bond acceptors (Lipinski definition) is 8. The van der Waals surface area contributed by atoms with Gasteiger partial charge in [-0.3, -0.25) is 19.2 Å². The minimum Gasteiger partial charge on any atom is -0.469 e. The van der Waals surface area contributed by atoms with Gasteiger partial charge in [-0.1, -0.05) is 19.8 Å². The second kappa shape index (κ2) is 8.49. The highest BCUT2D eigenvalue weighted by Crippen LogP contribution is 2.71. The molecule has 0 N–H and O–H groups in total. The first-order valence-electron chi connectivity index (χ1n) is 9.64. The SMILES string of the molecule is CCCCC1CC2(C(=O)OC)C(C(=O)OC)CCC2(C(=O)OC)C1C(=O)OC. The molecular formula is C20H30O8. The fraction of sp³-hybridized carbons (Fsp3) is 0.800. The predicted octanol–water partition coefficient (Wildman–Crippen LogP) is 1.89. The highest BCUT2D eigenvalue weighted by molar-refractivity contribution is 5.98. The molecule has 0 bridgehead atoms. The van der Waals surface area contributed by atoms with E-state index in [0.29, 0.717) is 6.42 Å². The molecule has 0 amide bonds. The molecular weight excluding hydrogens is 368 g/mol. The Bertz CT molecular complexity index is 628. The molecule has 0 aliphatic heterocycles. The van der Waals surface area contributed by atoms with Crippen LogP contribution in [0.2, 0.25) is 0 Å². The smallest absolute Gasteiger partial charge is 0.313 e. The van der Waals surface area contributed by atoms with Crippen molar-refractivity contribution < 1.29 is 38.1 Å². The first kappa shape index (κ1) is 22.2. The van der Waals surface area contributed by atoms with Crippen molar-refractivity contribution in [2.24, 2.45) is 28.6 Å². The lowest BCUT2D eigenvalue weighted by molar-refractivity contribution is -0.185. The molecule has 8 nitrogen and oxygen atoms in total. The molecule has 5 atom stereocenters. The standard InChI is InChI=1S/C20H30O8/c1-6-7-8-12-11-20(18(24)28-5)13(15(21)25-2)9-10-19(20,17(23)27-4)14(12)16(22)26-3/h12-14H,6-11H2,1-5H3. The summed E-state index contributed by atoms with van der Waals surface area (Å²) in [5, 5.41) is 0. The van der Waals surface area contributed by atoms with E-state index in [1.807, 2.05) is 6.92 Å². The number of unbranched alkanes of at least 4 members (excludes halogenated alkanes) is 1. The fourth-order valence-corrected chi connectivity index (χ4v) is 5.74. The molecule has 8 heteroatoms. The third kappa shape index (κ3) is 2.88. The average Bonchev–Trinajstić information content (AvgIpc) is 3.20. The van der Waals surface area contributed by atoms with Crippen LogP contribution in [0.15, 0.2) is 0 Å². The molecule has 2 aliphatic carbocycles. The van der Waals surface area contributed by atoms with E-state index in [9.17, 15) is 19.2 Å². The number of hydrogen-bond donors (Lipinski definition) is 0. The number of ether oxygens (including phenoxy) is 4. The lowest BCUT2D eigenvalue weighted by Gasteiger charge is -2.40. The molecule has 0 radical (unpaired) electrons. The maximum absolute atomic E-state index is 13.2. The molecule has 0 spiro atoms. The third-order valence-corrected chi connectivity index (χ3v) is 6.77. The van der Waals surface area contributed by atoms with Gasteiger partial charge in [-0.05, 0) is 31.6 Å².